The third kappa shape index (κ3) is 1.81. The fourth-order valence-electron chi connectivity index (χ4n) is 1.81. The van der Waals surface area contributed by atoms with Crippen molar-refractivity contribution in [1.82, 2.24) is 0 Å². The molecule has 80 valence electrons. The number of hydrogen-bond acceptors (Lipinski definition) is 3. The molecule has 3 nitrogen and oxygen atoms in total. The number of carbonyl (C=O) groups is 2. The standard InChI is InChI=1S/C11H18O3/c1-3-5-7-11(8-6-4-2)9(12)14-10(11)13/h3-8H2,1-2H3. The lowest BCUT2D eigenvalue weighted by molar-refractivity contribution is -0.198. The largest absolute Gasteiger partial charge is 0.391 e. The van der Waals surface area contributed by atoms with Gasteiger partial charge in [0.05, 0.1) is 0 Å². The van der Waals surface area contributed by atoms with Crippen LogP contribution in [0, 0.1) is 5.41 Å². The minimum Gasteiger partial charge on any atom is -0.391 e. The van der Waals surface area contributed by atoms with Gasteiger partial charge in [0, 0.05) is 0 Å². The Balaban J connectivity index is 2.59. The van der Waals surface area contributed by atoms with Crippen LogP contribution >= 0.6 is 0 Å². The van der Waals surface area contributed by atoms with Crippen molar-refractivity contribution in [2.75, 3.05) is 0 Å². The molecule has 0 atom stereocenters. The van der Waals surface area contributed by atoms with E-state index in [0.717, 1.165) is 25.7 Å². The van der Waals surface area contributed by atoms with Crippen LogP contribution in [0.1, 0.15) is 52.4 Å². The summed E-state index contributed by atoms with van der Waals surface area (Å²) in [5.74, 6) is -0.603. The number of carbonyl (C=O) groups excluding carboxylic acids is 2. The van der Waals surface area contributed by atoms with E-state index >= 15 is 0 Å². The van der Waals surface area contributed by atoms with Crippen molar-refractivity contribution in [1.29, 1.82) is 0 Å². The van der Waals surface area contributed by atoms with Crippen LogP contribution in [-0.4, -0.2) is 11.9 Å². The number of rotatable bonds is 6. The lowest BCUT2D eigenvalue weighted by Gasteiger charge is -2.36. The van der Waals surface area contributed by atoms with Crippen molar-refractivity contribution in [2.45, 2.75) is 52.4 Å². The minimum absolute atomic E-state index is 0.301. The van der Waals surface area contributed by atoms with Crippen molar-refractivity contribution in [3.63, 3.8) is 0 Å². The van der Waals surface area contributed by atoms with Crippen LogP contribution < -0.4 is 0 Å². The molecule has 0 amide bonds. The summed E-state index contributed by atoms with van der Waals surface area (Å²) in [6, 6.07) is 0. The molecule has 0 aromatic carbocycles. The van der Waals surface area contributed by atoms with Gasteiger partial charge in [0.15, 0.2) is 5.41 Å². The predicted octanol–water partition coefficient (Wildman–Crippen LogP) is 2.44. The van der Waals surface area contributed by atoms with Gasteiger partial charge in [0.1, 0.15) is 0 Å². The molecule has 0 unspecified atom stereocenters. The zero-order chi connectivity index (χ0) is 10.6. The molecule has 0 N–H and O–H groups in total. The highest BCUT2D eigenvalue weighted by Gasteiger charge is 2.57. The molecule has 0 aliphatic carbocycles. The summed E-state index contributed by atoms with van der Waals surface area (Å²) >= 11 is 0. The van der Waals surface area contributed by atoms with Crippen LogP contribution in [0.15, 0.2) is 0 Å². The molecule has 1 rings (SSSR count). The lowest BCUT2D eigenvalue weighted by Crippen LogP contribution is -2.53. The van der Waals surface area contributed by atoms with Gasteiger partial charge in [-0.15, -0.1) is 0 Å². The summed E-state index contributed by atoms with van der Waals surface area (Å²) in [5.41, 5.74) is -0.758. The normalized spacial score (nSPS) is 19.0. The summed E-state index contributed by atoms with van der Waals surface area (Å²) in [6.45, 7) is 4.12. The van der Waals surface area contributed by atoms with Gasteiger partial charge < -0.3 is 4.74 Å². The molecule has 1 aliphatic heterocycles. The Kier molecular flexibility index (Phi) is 3.67. The van der Waals surface area contributed by atoms with Crippen molar-refractivity contribution in [3.8, 4) is 0 Å². The predicted molar refractivity (Wildman–Crippen MR) is 52.6 cm³/mol. The van der Waals surface area contributed by atoms with Gasteiger partial charge >= 0.3 is 11.9 Å². The van der Waals surface area contributed by atoms with Crippen molar-refractivity contribution >= 4 is 11.9 Å². The molecule has 0 saturated carbocycles. The van der Waals surface area contributed by atoms with Gasteiger partial charge in [-0.3, -0.25) is 9.59 Å². The highest BCUT2D eigenvalue weighted by Crippen LogP contribution is 2.40. The van der Waals surface area contributed by atoms with E-state index in [1.165, 1.54) is 0 Å². The number of hydrogen-bond donors (Lipinski definition) is 0. The smallest absolute Gasteiger partial charge is 0.331 e. The third-order valence-electron chi connectivity index (χ3n) is 2.88. The second-order valence-corrected chi connectivity index (χ2v) is 3.97. The van der Waals surface area contributed by atoms with Crippen molar-refractivity contribution in [3.05, 3.63) is 0 Å². The monoisotopic (exact) mass is 198 g/mol. The first-order valence-corrected chi connectivity index (χ1v) is 5.44. The maximum atomic E-state index is 11.3. The molecule has 0 aromatic rings. The van der Waals surface area contributed by atoms with Crippen LogP contribution in [0.2, 0.25) is 0 Å². The zero-order valence-electron chi connectivity index (χ0n) is 8.97. The number of esters is 2. The van der Waals surface area contributed by atoms with E-state index in [4.69, 9.17) is 0 Å². The molecular formula is C11H18O3. The Morgan fingerprint density at radius 3 is 1.71 bits per heavy atom. The molecule has 0 radical (unpaired) electrons. The van der Waals surface area contributed by atoms with Gasteiger partial charge in [-0.2, -0.15) is 0 Å². The Hall–Kier alpha value is -0.860. The van der Waals surface area contributed by atoms with Gasteiger partial charge in [-0.25, -0.2) is 0 Å². The van der Waals surface area contributed by atoms with E-state index < -0.39 is 5.41 Å². The maximum absolute atomic E-state index is 11.3. The Morgan fingerprint density at radius 2 is 1.43 bits per heavy atom. The average Bonchev–Trinajstić information content (AvgIpc) is 2.18. The third-order valence-corrected chi connectivity index (χ3v) is 2.88. The first-order valence-electron chi connectivity index (χ1n) is 5.44. The molecule has 0 aromatic heterocycles. The molecule has 0 spiro atoms. The molecule has 1 fully saturated rings. The average molecular weight is 198 g/mol. The fraction of sp³-hybridized carbons (Fsp3) is 0.818. The van der Waals surface area contributed by atoms with E-state index in [-0.39, 0.29) is 11.9 Å². The van der Waals surface area contributed by atoms with Crippen LogP contribution in [0.4, 0.5) is 0 Å². The van der Waals surface area contributed by atoms with Crippen LogP contribution in [0.3, 0.4) is 0 Å². The first-order chi connectivity index (χ1) is 6.67. The van der Waals surface area contributed by atoms with E-state index in [1.54, 1.807) is 0 Å². The molecule has 1 aliphatic rings. The lowest BCUT2D eigenvalue weighted by atomic mass is 9.75. The van der Waals surface area contributed by atoms with E-state index in [0.29, 0.717) is 12.8 Å². The highest BCUT2D eigenvalue weighted by molar-refractivity contribution is 6.13. The summed E-state index contributed by atoms with van der Waals surface area (Å²) in [6.07, 6.45) is 5.19. The van der Waals surface area contributed by atoms with Crippen LogP contribution in [-0.2, 0) is 14.3 Å². The Bertz CT molecular complexity index is 209. The highest BCUT2D eigenvalue weighted by atomic mass is 16.6. The van der Waals surface area contributed by atoms with Crippen molar-refractivity contribution < 1.29 is 14.3 Å². The van der Waals surface area contributed by atoms with E-state index in [9.17, 15) is 9.59 Å². The second kappa shape index (κ2) is 4.58. The van der Waals surface area contributed by atoms with Crippen LogP contribution in [0.5, 0.6) is 0 Å². The summed E-state index contributed by atoms with van der Waals surface area (Å²) in [7, 11) is 0. The van der Waals surface area contributed by atoms with Gasteiger partial charge in [-0.05, 0) is 12.8 Å². The Labute approximate surface area is 84.8 Å². The molecule has 1 heterocycles. The second-order valence-electron chi connectivity index (χ2n) is 3.97. The van der Waals surface area contributed by atoms with Gasteiger partial charge in [0.2, 0.25) is 0 Å². The zero-order valence-corrected chi connectivity index (χ0v) is 8.97. The molecule has 14 heavy (non-hydrogen) atoms. The summed E-state index contributed by atoms with van der Waals surface area (Å²) in [5, 5.41) is 0. The summed E-state index contributed by atoms with van der Waals surface area (Å²) < 4.78 is 4.47. The molecule has 1 saturated heterocycles. The number of cyclic esters (lactones) is 2. The molecule has 0 bridgehead atoms. The topological polar surface area (TPSA) is 43.4 Å². The number of ether oxygens (including phenoxy) is 1. The van der Waals surface area contributed by atoms with Crippen molar-refractivity contribution in [2.24, 2.45) is 5.41 Å². The fourth-order valence-corrected chi connectivity index (χ4v) is 1.81. The first kappa shape index (κ1) is 11.2. The molecular weight excluding hydrogens is 180 g/mol. The van der Waals surface area contributed by atoms with E-state index in [1.807, 2.05) is 0 Å². The Morgan fingerprint density at radius 1 is 1.00 bits per heavy atom. The molecule has 3 heteroatoms. The van der Waals surface area contributed by atoms with Gasteiger partial charge in [0.25, 0.3) is 0 Å². The quantitative estimate of drug-likeness (QED) is 0.486. The SMILES string of the molecule is CCCCC1(CCCC)C(=O)OC1=O. The maximum Gasteiger partial charge on any atom is 0.331 e. The number of unbranched alkanes of at least 4 members (excludes halogenated alkanes) is 2. The summed E-state index contributed by atoms with van der Waals surface area (Å²) in [4.78, 5) is 22.7. The van der Waals surface area contributed by atoms with Gasteiger partial charge in [-0.1, -0.05) is 39.5 Å². The van der Waals surface area contributed by atoms with E-state index in [2.05, 4.69) is 18.6 Å². The van der Waals surface area contributed by atoms with Crippen LogP contribution in [0.25, 0.3) is 0 Å². The minimum atomic E-state index is -0.758.